The Labute approximate surface area is 141 Å². The average Bonchev–Trinajstić information content (AvgIpc) is 3.05. The molecule has 3 aromatic rings. The summed E-state index contributed by atoms with van der Waals surface area (Å²) in [6, 6.07) is 12.8. The van der Waals surface area contributed by atoms with Crippen molar-refractivity contribution < 1.29 is 0 Å². The van der Waals surface area contributed by atoms with Gasteiger partial charge in [-0.3, -0.25) is 4.98 Å². The molecular formula is C19H21N3S. The van der Waals surface area contributed by atoms with E-state index in [0.29, 0.717) is 5.92 Å². The molecule has 0 atom stereocenters. The number of benzene rings is 1. The highest BCUT2D eigenvalue weighted by atomic mass is 32.1. The minimum absolute atomic E-state index is 0.567. The van der Waals surface area contributed by atoms with Crippen LogP contribution in [0.3, 0.4) is 0 Å². The molecule has 4 heteroatoms. The fraction of sp³-hybridized carbons (Fsp3) is 0.263. The molecule has 0 unspecified atom stereocenters. The van der Waals surface area contributed by atoms with Gasteiger partial charge in [-0.25, -0.2) is 4.98 Å². The van der Waals surface area contributed by atoms with E-state index in [1.165, 1.54) is 21.6 Å². The van der Waals surface area contributed by atoms with Crippen LogP contribution in [0.5, 0.6) is 0 Å². The Morgan fingerprint density at radius 1 is 1.04 bits per heavy atom. The molecule has 2 heterocycles. The Kier molecular flexibility index (Phi) is 5.16. The van der Waals surface area contributed by atoms with Crippen molar-refractivity contribution in [1.82, 2.24) is 15.3 Å². The summed E-state index contributed by atoms with van der Waals surface area (Å²) >= 11 is 1.75. The first kappa shape index (κ1) is 15.8. The van der Waals surface area contributed by atoms with Crippen LogP contribution in [0.4, 0.5) is 0 Å². The Morgan fingerprint density at radius 3 is 2.57 bits per heavy atom. The van der Waals surface area contributed by atoms with Crippen LogP contribution in [0.15, 0.2) is 55.0 Å². The van der Waals surface area contributed by atoms with Crippen LogP contribution >= 0.6 is 11.3 Å². The zero-order valence-corrected chi connectivity index (χ0v) is 14.3. The van der Waals surface area contributed by atoms with Gasteiger partial charge in [0.25, 0.3) is 0 Å². The van der Waals surface area contributed by atoms with Crippen LogP contribution in [-0.2, 0) is 13.1 Å². The van der Waals surface area contributed by atoms with E-state index in [-0.39, 0.29) is 0 Å². The molecule has 2 aromatic heterocycles. The van der Waals surface area contributed by atoms with E-state index in [9.17, 15) is 0 Å². The van der Waals surface area contributed by atoms with E-state index >= 15 is 0 Å². The smallest absolute Gasteiger partial charge is 0.107 e. The van der Waals surface area contributed by atoms with Crippen molar-refractivity contribution in [3.8, 4) is 10.4 Å². The lowest BCUT2D eigenvalue weighted by molar-refractivity contribution is 0.688. The molecule has 0 bridgehead atoms. The molecule has 0 aliphatic rings. The van der Waals surface area contributed by atoms with Crippen LogP contribution in [-0.4, -0.2) is 9.97 Å². The summed E-state index contributed by atoms with van der Waals surface area (Å²) in [5.74, 6) is 0.567. The van der Waals surface area contributed by atoms with E-state index < -0.39 is 0 Å². The minimum Gasteiger partial charge on any atom is -0.306 e. The Hall–Kier alpha value is -2.04. The highest BCUT2D eigenvalue weighted by Crippen LogP contribution is 2.27. The summed E-state index contributed by atoms with van der Waals surface area (Å²) in [5, 5.41) is 4.52. The largest absolute Gasteiger partial charge is 0.306 e. The molecule has 3 rings (SSSR count). The molecule has 118 valence electrons. The van der Waals surface area contributed by atoms with Gasteiger partial charge in [-0.05, 0) is 28.7 Å². The molecule has 1 aromatic carbocycles. The normalized spacial score (nSPS) is 11.1. The van der Waals surface area contributed by atoms with Crippen molar-refractivity contribution >= 4 is 11.3 Å². The molecule has 0 fully saturated rings. The fourth-order valence-corrected chi connectivity index (χ4v) is 3.27. The monoisotopic (exact) mass is 323 g/mol. The van der Waals surface area contributed by atoms with Gasteiger partial charge in [-0.15, -0.1) is 11.3 Å². The second kappa shape index (κ2) is 7.49. The first-order valence-electron chi connectivity index (χ1n) is 7.87. The SMILES string of the molecule is CC(C)c1ccc(-c2cnc(CNCc3cccnc3)s2)cc1. The zero-order chi connectivity index (χ0) is 16.1. The van der Waals surface area contributed by atoms with Gasteiger partial charge in [0.15, 0.2) is 0 Å². The Balaban J connectivity index is 1.59. The van der Waals surface area contributed by atoms with Crippen LogP contribution < -0.4 is 5.32 Å². The predicted molar refractivity (Wildman–Crippen MR) is 96.4 cm³/mol. The van der Waals surface area contributed by atoms with Gasteiger partial charge < -0.3 is 5.32 Å². The van der Waals surface area contributed by atoms with Crippen molar-refractivity contribution in [3.05, 3.63) is 71.1 Å². The van der Waals surface area contributed by atoms with Crippen LogP contribution in [0.1, 0.15) is 35.9 Å². The summed E-state index contributed by atoms with van der Waals surface area (Å²) in [4.78, 5) is 9.86. The van der Waals surface area contributed by atoms with E-state index in [2.05, 4.69) is 59.5 Å². The molecule has 0 saturated carbocycles. The lowest BCUT2D eigenvalue weighted by Crippen LogP contribution is -2.12. The maximum Gasteiger partial charge on any atom is 0.107 e. The van der Waals surface area contributed by atoms with Gasteiger partial charge in [0.05, 0.1) is 4.88 Å². The molecule has 0 aliphatic heterocycles. The zero-order valence-electron chi connectivity index (χ0n) is 13.5. The van der Waals surface area contributed by atoms with E-state index in [0.717, 1.165) is 18.1 Å². The van der Waals surface area contributed by atoms with Gasteiger partial charge >= 0.3 is 0 Å². The standard InChI is InChI=1S/C19H21N3S/c1-14(2)16-5-7-17(8-6-16)18-12-22-19(23-18)13-21-11-15-4-3-9-20-10-15/h3-10,12,14,21H,11,13H2,1-2H3. The van der Waals surface area contributed by atoms with E-state index in [1.54, 1.807) is 17.5 Å². The average molecular weight is 323 g/mol. The van der Waals surface area contributed by atoms with Gasteiger partial charge in [0.1, 0.15) is 5.01 Å². The van der Waals surface area contributed by atoms with Crippen LogP contribution in [0.2, 0.25) is 0 Å². The Morgan fingerprint density at radius 2 is 1.87 bits per heavy atom. The van der Waals surface area contributed by atoms with Crippen LogP contribution in [0.25, 0.3) is 10.4 Å². The molecule has 0 saturated heterocycles. The number of thiazole rings is 1. The Bertz CT molecular complexity index is 733. The quantitative estimate of drug-likeness (QED) is 0.719. The molecule has 3 nitrogen and oxygen atoms in total. The maximum atomic E-state index is 4.52. The molecule has 23 heavy (non-hydrogen) atoms. The number of pyridine rings is 1. The molecule has 1 N–H and O–H groups in total. The molecule has 0 radical (unpaired) electrons. The molecule has 0 aliphatic carbocycles. The highest BCUT2D eigenvalue weighted by Gasteiger charge is 2.05. The number of hydrogen-bond donors (Lipinski definition) is 1. The van der Waals surface area contributed by atoms with E-state index in [1.807, 2.05) is 18.5 Å². The number of aromatic nitrogens is 2. The predicted octanol–water partition coefficient (Wildman–Crippen LogP) is 4.62. The van der Waals surface area contributed by atoms with Gasteiger partial charge in [-0.2, -0.15) is 0 Å². The topological polar surface area (TPSA) is 37.8 Å². The summed E-state index contributed by atoms with van der Waals surface area (Å²) in [7, 11) is 0. The third-order valence-corrected chi connectivity index (χ3v) is 4.79. The van der Waals surface area contributed by atoms with Crippen molar-refractivity contribution in [2.24, 2.45) is 0 Å². The fourth-order valence-electron chi connectivity index (χ4n) is 2.37. The molecule has 0 spiro atoms. The van der Waals surface area contributed by atoms with Crippen LogP contribution in [0, 0.1) is 0 Å². The molecular weight excluding hydrogens is 302 g/mol. The van der Waals surface area contributed by atoms with Gasteiger partial charge in [-0.1, -0.05) is 44.2 Å². The summed E-state index contributed by atoms with van der Waals surface area (Å²) in [6.45, 7) is 6.02. The van der Waals surface area contributed by atoms with Crippen molar-refractivity contribution in [3.63, 3.8) is 0 Å². The summed E-state index contributed by atoms with van der Waals surface area (Å²) in [5.41, 5.74) is 3.80. The minimum atomic E-state index is 0.567. The second-order valence-corrected chi connectivity index (χ2v) is 6.97. The third-order valence-electron chi connectivity index (χ3n) is 3.74. The number of nitrogens with one attached hydrogen (secondary N) is 1. The number of hydrogen-bond acceptors (Lipinski definition) is 4. The van der Waals surface area contributed by atoms with Crippen molar-refractivity contribution in [2.45, 2.75) is 32.9 Å². The lowest BCUT2D eigenvalue weighted by atomic mass is 10.0. The van der Waals surface area contributed by atoms with Gasteiger partial charge in [0, 0.05) is 31.7 Å². The maximum absolute atomic E-state index is 4.52. The second-order valence-electron chi connectivity index (χ2n) is 5.86. The van der Waals surface area contributed by atoms with Crippen molar-refractivity contribution in [1.29, 1.82) is 0 Å². The van der Waals surface area contributed by atoms with Crippen molar-refractivity contribution in [2.75, 3.05) is 0 Å². The van der Waals surface area contributed by atoms with Gasteiger partial charge in [0.2, 0.25) is 0 Å². The lowest BCUT2D eigenvalue weighted by Gasteiger charge is -2.05. The first-order valence-corrected chi connectivity index (χ1v) is 8.68. The number of nitrogens with zero attached hydrogens (tertiary/aromatic N) is 2. The third kappa shape index (κ3) is 4.24. The number of rotatable bonds is 6. The van der Waals surface area contributed by atoms with E-state index in [4.69, 9.17) is 0 Å². The molecule has 0 amide bonds. The first-order chi connectivity index (χ1) is 11.2. The highest BCUT2D eigenvalue weighted by molar-refractivity contribution is 7.15. The summed E-state index contributed by atoms with van der Waals surface area (Å²) < 4.78 is 0. The summed E-state index contributed by atoms with van der Waals surface area (Å²) in [6.07, 6.45) is 5.65.